The van der Waals surface area contributed by atoms with Crippen molar-refractivity contribution in [2.24, 2.45) is 7.05 Å². The standard InChI is InChI=1S/C8H15N3O/c1-10(2)6-8(12)7-4-9-11(3)5-7/h4-5,8,12H,6H2,1-3H3. The van der Waals surface area contributed by atoms with Gasteiger partial charge in [0.1, 0.15) is 0 Å². The minimum absolute atomic E-state index is 0.436. The molecule has 1 rings (SSSR count). The van der Waals surface area contributed by atoms with Gasteiger partial charge in [-0.25, -0.2) is 0 Å². The molecule has 0 aromatic carbocycles. The molecule has 1 aromatic heterocycles. The van der Waals surface area contributed by atoms with Gasteiger partial charge in [0.2, 0.25) is 0 Å². The van der Waals surface area contributed by atoms with Crippen LogP contribution in [0.5, 0.6) is 0 Å². The number of nitrogens with zero attached hydrogens (tertiary/aromatic N) is 3. The van der Waals surface area contributed by atoms with Gasteiger partial charge in [0, 0.05) is 25.4 Å². The predicted octanol–water partition coefficient (Wildman–Crippen LogP) is 0.0151. The van der Waals surface area contributed by atoms with Gasteiger partial charge in [-0.15, -0.1) is 0 Å². The second kappa shape index (κ2) is 3.69. The molecule has 0 aliphatic rings. The summed E-state index contributed by atoms with van der Waals surface area (Å²) < 4.78 is 1.69. The zero-order chi connectivity index (χ0) is 9.14. The van der Waals surface area contributed by atoms with Gasteiger partial charge in [-0.3, -0.25) is 4.68 Å². The van der Waals surface area contributed by atoms with E-state index >= 15 is 0 Å². The van der Waals surface area contributed by atoms with Gasteiger partial charge in [-0.05, 0) is 14.1 Å². The molecule has 0 spiro atoms. The van der Waals surface area contributed by atoms with Crippen LogP contribution < -0.4 is 0 Å². The number of aliphatic hydroxyl groups is 1. The Bertz CT molecular complexity index is 244. The molecule has 68 valence electrons. The summed E-state index contributed by atoms with van der Waals surface area (Å²) in [5.74, 6) is 0. The van der Waals surface area contributed by atoms with Crippen LogP contribution in [-0.4, -0.2) is 40.4 Å². The largest absolute Gasteiger partial charge is 0.387 e. The van der Waals surface area contributed by atoms with Crippen LogP contribution in [0.3, 0.4) is 0 Å². The Labute approximate surface area is 72.4 Å². The van der Waals surface area contributed by atoms with E-state index in [9.17, 15) is 5.11 Å². The van der Waals surface area contributed by atoms with Crippen molar-refractivity contribution < 1.29 is 5.11 Å². The quantitative estimate of drug-likeness (QED) is 0.693. The van der Waals surface area contributed by atoms with Crippen molar-refractivity contribution in [1.82, 2.24) is 14.7 Å². The van der Waals surface area contributed by atoms with Crippen molar-refractivity contribution in [2.45, 2.75) is 6.10 Å². The maximum absolute atomic E-state index is 9.61. The van der Waals surface area contributed by atoms with Crippen LogP contribution in [0.2, 0.25) is 0 Å². The Morgan fingerprint density at radius 1 is 1.67 bits per heavy atom. The Morgan fingerprint density at radius 2 is 2.33 bits per heavy atom. The number of aliphatic hydroxyl groups excluding tert-OH is 1. The zero-order valence-corrected chi connectivity index (χ0v) is 7.73. The third kappa shape index (κ3) is 2.32. The smallest absolute Gasteiger partial charge is 0.0946 e. The average Bonchev–Trinajstić information content (AvgIpc) is 2.34. The molecule has 4 nitrogen and oxygen atoms in total. The summed E-state index contributed by atoms with van der Waals surface area (Å²) in [4.78, 5) is 1.94. The van der Waals surface area contributed by atoms with Crippen LogP contribution in [-0.2, 0) is 7.05 Å². The minimum Gasteiger partial charge on any atom is -0.387 e. The lowest BCUT2D eigenvalue weighted by molar-refractivity contribution is 0.138. The lowest BCUT2D eigenvalue weighted by atomic mass is 10.2. The van der Waals surface area contributed by atoms with E-state index in [2.05, 4.69) is 5.10 Å². The molecular formula is C8H15N3O. The Kier molecular flexibility index (Phi) is 2.83. The van der Waals surface area contributed by atoms with Gasteiger partial charge in [0.25, 0.3) is 0 Å². The average molecular weight is 169 g/mol. The number of aryl methyl sites for hydroxylation is 1. The van der Waals surface area contributed by atoms with E-state index in [0.29, 0.717) is 6.54 Å². The topological polar surface area (TPSA) is 41.3 Å². The van der Waals surface area contributed by atoms with Gasteiger partial charge in [0.05, 0.1) is 12.3 Å². The van der Waals surface area contributed by atoms with E-state index in [1.165, 1.54) is 0 Å². The molecule has 0 saturated heterocycles. The highest BCUT2D eigenvalue weighted by atomic mass is 16.3. The summed E-state index contributed by atoms with van der Waals surface area (Å²) in [6, 6.07) is 0. The van der Waals surface area contributed by atoms with Crippen molar-refractivity contribution >= 4 is 0 Å². The molecule has 1 atom stereocenters. The fourth-order valence-electron chi connectivity index (χ4n) is 1.06. The third-order valence-electron chi connectivity index (χ3n) is 1.65. The van der Waals surface area contributed by atoms with E-state index in [-0.39, 0.29) is 0 Å². The molecule has 1 heterocycles. The number of hydrogen-bond donors (Lipinski definition) is 1. The number of likely N-dealkylation sites (N-methyl/N-ethyl adjacent to an activating group) is 1. The lowest BCUT2D eigenvalue weighted by Gasteiger charge is -2.13. The third-order valence-corrected chi connectivity index (χ3v) is 1.65. The fraction of sp³-hybridized carbons (Fsp3) is 0.625. The Balaban J connectivity index is 2.58. The van der Waals surface area contributed by atoms with Crippen LogP contribution >= 0.6 is 0 Å². The highest BCUT2D eigenvalue weighted by Crippen LogP contribution is 2.10. The molecule has 0 radical (unpaired) electrons. The van der Waals surface area contributed by atoms with Gasteiger partial charge >= 0.3 is 0 Å². The van der Waals surface area contributed by atoms with Crippen molar-refractivity contribution in [3.63, 3.8) is 0 Å². The molecule has 0 fully saturated rings. The number of aromatic nitrogens is 2. The van der Waals surface area contributed by atoms with Crippen LogP contribution in [0, 0.1) is 0 Å². The monoisotopic (exact) mass is 169 g/mol. The molecule has 4 heteroatoms. The zero-order valence-electron chi connectivity index (χ0n) is 7.73. The maximum Gasteiger partial charge on any atom is 0.0946 e. The summed E-state index contributed by atoms with van der Waals surface area (Å²) in [7, 11) is 5.70. The Morgan fingerprint density at radius 3 is 2.75 bits per heavy atom. The van der Waals surface area contributed by atoms with E-state index in [0.717, 1.165) is 5.56 Å². The maximum atomic E-state index is 9.61. The summed E-state index contributed by atoms with van der Waals surface area (Å²) >= 11 is 0. The molecule has 0 aliphatic carbocycles. The summed E-state index contributed by atoms with van der Waals surface area (Å²) in [5.41, 5.74) is 0.867. The highest BCUT2D eigenvalue weighted by molar-refractivity contribution is 5.07. The predicted molar refractivity (Wildman–Crippen MR) is 46.7 cm³/mol. The lowest BCUT2D eigenvalue weighted by Crippen LogP contribution is -2.19. The molecule has 1 N–H and O–H groups in total. The van der Waals surface area contributed by atoms with Gasteiger partial charge in [-0.1, -0.05) is 0 Å². The van der Waals surface area contributed by atoms with Crippen molar-refractivity contribution in [3.05, 3.63) is 18.0 Å². The normalized spacial score (nSPS) is 13.8. The molecule has 1 aromatic rings. The molecule has 0 bridgehead atoms. The van der Waals surface area contributed by atoms with Crippen LogP contribution in [0.1, 0.15) is 11.7 Å². The molecule has 0 amide bonds. The van der Waals surface area contributed by atoms with Crippen LogP contribution in [0.4, 0.5) is 0 Å². The van der Waals surface area contributed by atoms with Crippen molar-refractivity contribution in [1.29, 1.82) is 0 Å². The fourth-order valence-corrected chi connectivity index (χ4v) is 1.06. The Hall–Kier alpha value is -0.870. The van der Waals surface area contributed by atoms with Crippen LogP contribution in [0.25, 0.3) is 0 Å². The highest BCUT2D eigenvalue weighted by Gasteiger charge is 2.09. The van der Waals surface area contributed by atoms with E-state index in [4.69, 9.17) is 0 Å². The van der Waals surface area contributed by atoms with E-state index in [1.807, 2.05) is 32.2 Å². The summed E-state index contributed by atoms with van der Waals surface area (Å²) in [6.07, 6.45) is 3.08. The van der Waals surface area contributed by atoms with E-state index < -0.39 is 6.10 Å². The molecule has 0 saturated carbocycles. The van der Waals surface area contributed by atoms with Crippen LogP contribution in [0.15, 0.2) is 12.4 Å². The second-order valence-electron chi connectivity index (χ2n) is 3.23. The van der Waals surface area contributed by atoms with Gasteiger partial charge < -0.3 is 10.0 Å². The summed E-state index contributed by atoms with van der Waals surface area (Å²) in [6.45, 7) is 0.631. The first-order valence-corrected chi connectivity index (χ1v) is 3.91. The van der Waals surface area contributed by atoms with Crippen molar-refractivity contribution in [3.8, 4) is 0 Å². The minimum atomic E-state index is -0.436. The first kappa shape index (κ1) is 9.22. The SMILES string of the molecule is CN(C)CC(O)c1cnn(C)c1. The number of rotatable bonds is 3. The molecule has 0 aliphatic heterocycles. The summed E-state index contributed by atoms with van der Waals surface area (Å²) in [5, 5.41) is 13.6. The first-order chi connectivity index (χ1) is 5.59. The van der Waals surface area contributed by atoms with E-state index in [1.54, 1.807) is 10.9 Å². The molecule has 12 heavy (non-hydrogen) atoms. The molecule has 1 unspecified atom stereocenters. The second-order valence-corrected chi connectivity index (χ2v) is 3.23. The number of hydrogen-bond acceptors (Lipinski definition) is 3. The van der Waals surface area contributed by atoms with Crippen molar-refractivity contribution in [2.75, 3.05) is 20.6 Å². The van der Waals surface area contributed by atoms with Gasteiger partial charge in [-0.2, -0.15) is 5.10 Å². The van der Waals surface area contributed by atoms with Gasteiger partial charge in [0.15, 0.2) is 0 Å². The first-order valence-electron chi connectivity index (χ1n) is 3.91. The molecular weight excluding hydrogens is 154 g/mol.